The lowest BCUT2D eigenvalue weighted by atomic mass is 10.1. The molecule has 6 heteroatoms. The van der Waals surface area contributed by atoms with Crippen molar-refractivity contribution < 1.29 is 4.74 Å². The summed E-state index contributed by atoms with van der Waals surface area (Å²) >= 11 is 5.28. The van der Waals surface area contributed by atoms with Crippen molar-refractivity contribution in [2.75, 3.05) is 7.11 Å². The maximum absolute atomic E-state index is 5.28. The highest BCUT2D eigenvalue weighted by Gasteiger charge is 2.08. The highest BCUT2D eigenvalue weighted by atomic mass is 32.1. The Balaban J connectivity index is 1.99. The molecule has 23 heavy (non-hydrogen) atoms. The lowest BCUT2D eigenvalue weighted by Crippen LogP contribution is -1.96. The van der Waals surface area contributed by atoms with E-state index < -0.39 is 0 Å². The lowest BCUT2D eigenvalue weighted by Gasteiger charge is -2.03. The van der Waals surface area contributed by atoms with E-state index in [4.69, 9.17) is 17.0 Å². The van der Waals surface area contributed by atoms with Crippen LogP contribution in [-0.4, -0.2) is 28.2 Å². The summed E-state index contributed by atoms with van der Waals surface area (Å²) in [7, 11) is 1.64. The number of nitrogens with one attached hydrogen (secondary N) is 1. The van der Waals surface area contributed by atoms with Gasteiger partial charge in [0, 0.05) is 5.56 Å². The summed E-state index contributed by atoms with van der Waals surface area (Å²) in [6.07, 6.45) is 1.79. The first-order chi connectivity index (χ1) is 11.2. The van der Waals surface area contributed by atoms with Crippen LogP contribution in [0.1, 0.15) is 11.1 Å². The van der Waals surface area contributed by atoms with Gasteiger partial charge in [-0.1, -0.05) is 24.3 Å². The van der Waals surface area contributed by atoms with Crippen molar-refractivity contribution in [2.24, 2.45) is 5.10 Å². The van der Waals surface area contributed by atoms with E-state index in [9.17, 15) is 0 Å². The van der Waals surface area contributed by atoms with Gasteiger partial charge >= 0.3 is 0 Å². The number of aryl methyl sites for hydroxylation is 1. The van der Waals surface area contributed by atoms with Crippen molar-refractivity contribution in [1.82, 2.24) is 14.9 Å². The van der Waals surface area contributed by atoms with Crippen LogP contribution in [0.25, 0.3) is 11.4 Å². The zero-order chi connectivity index (χ0) is 16.2. The van der Waals surface area contributed by atoms with E-state index in [1.54, 1.807) is 18.0 Å². The highest BCUT2D eigenvalue weighted by Crippen LogP contribution is 2.20. The molecule has 0 amide bonds. The largest absolute Gasteiger partial charge is 0.497 e. The minimum absolute atomic E-state index is 0.445. The topological polar surface area (TPSA) is 55.2 Å². The number of aromatic nitrogens is 3. The molecular weight excluding hydrogens is 308 g/mol. The second-order valence-electron chi connectivity index (χ2n) is 4.99. The fraction of sp³-hybridized carbons (Fsp3) is 0.118. The molecule has 0 unspecified atom stereocenters. The van der Waals surface area contributed by atoms with Crippen molar-refractivity contribution in [3.8, 4) is 17.1 Å². The number of methoxy groups -OCH3 is 1. The molecule has 116 valence electrons. The molecule has 0 spiro atoms. The average Bonchev–Trinajstić information content (AvgIpc) is 2.95. The van der Waals surface area contributed by atoms with Crippen LogP contribution in [-0.2, 0) is 0 Å². The average molecular weight is 324 g/mol. The van der Waals surface area contributed by atoms with E-state index >= 15 is 0 Å². The molecule has 0 aliphatic carbocycles. The van der Waals surface area contributed by atoms with Crippen LogP contribution in [0.2, 0.25) is 0 Å². The number of nitrogens with zero attached hydrogens (tertiary/aromatic N) is 3. The molecule has 3 rings (SSSR count). The monoisotopic (exact) mass is 324 g/mol. The number of benzene rings is 2. The van der Waals surface area contributed by atoms with Gasteiger partial charge in [0.15, 0.2) is 5.82 Å². The maximum atomic E-state index is 5.28. The summed E-state index contributed by atoms with van der Waals surface area (Å²) in [5.41, 5.74) is 3.09. The predicted molar refractivity (Wildman–Crippen MR) is 93.6 cm³/mol. The Morgan fingerprint density at radius 2 is 1.91 bits per heavy atom. The molecule has 1 heterocycles. The summed E-state index contributed by atoms with van der Waals surface area (Å²) in [6.45, 7) is 2.04. The second kappa shape index (κ2) is 6.58. The van der Waals surface area contributed by atoms with Gasteiger partial charge in [-0.2, -0.15) is 14.9 Å². The van der Waals surface area contributed by atoms with E-state index in [1.165, 1.54) is 0 Å². The van der Waals surface area contributed by atoms with Crippen LogP contribution in [0.5, 0.6) is 5.75 Å². The summed E-state index contributed by atoms with van der Waals surface area (Å²) in [5.74, 6) is 1.44. The standard InChI is InChI=1S/C17H16N4OS/c1-12-5-3-4-6-14(12)11-18-21-16(19-20-17(21)23)13-7-9-15(22-2)10-8-13/h3-11H,1-2H3,(H,20,23). The van der Waals surface area contributed by atoms with Crippen molar-refractivity contribution in [3.05, 3.63) is 64.4 Å². The maximum Gasteiger partial charge on any atom is 0.216 e. The highest BCUT2D eigenvalue weighted by molar-refractivity contribution is 7.71. The zero-order valence-electron chi connectivity index (χ0n) is 12.9. The minimum atomic E-state index is 0.445. The van der Waals surface area contributed by atoms with Crippen molar-refractivity contribution >= 4 is 18.4 Å². The summed E-state index contributed by atoms with van der Waals surface area (Å²) in [6, 6.07) is 15.6. The van der Waals surface area contributed by atoms with Gasteiger partial charge < -0.3 is 4.74 Å². The van der Waals surface area contributed by atoms with E-state index in [2.05, 4.69) is 15.3 Å². The Kier molecular flexibility index (Phi) is 4.34. The van der Waals surface area contributed by atoms with Crippen LogP contribution in [0.3, 0.4) is 0 Å². The predicted octanol–water partition coefficient (Wildman–Crippen LogP) is 3.81. The number of H-pyrrole nitrogens is 1. The fourth-order valence-electron chi connectivity index (χ4n) is 2.18. The minimum Gasteiger partial charge on any atom is -0.497 e. The van der Waals surface area contributed by atoms with Gasteiger partial charge in [0.25, 0.3) is 0 Å². The van der Waals surface area contributed by atoms with Gasteiger partial charge in [0.1, 0.15) is 5.75 Å². The molecule has 5 nitrogen and oxygen atoms in total. The Hall–Kier alpha value is -2.73. The normalized spacial score (nSPS) is 11.0. The van der Waals surface area contributed by atoms with Crippen LogP contribution in [0, 0.1) is 11.7 Å². The van der Waals surface area contributed by atoms with Crippen molar-refractivity contribution in [2.45, 2.75) is 6.92 Å². The van der Waals surface area contributed by atoms with Gasteiger partial charge in [-0.3, -0.25) is 0 Å². The van der Waals surface area contributed by atoms with Gasteiger partial charge in [0.05, 0.1) is 13.3 Å². The fourth-order valence-corrected chi connectivity index (χ4v) is 2.36. The summed E-state index contributed by atoms with van der Waals surface area (Å²) in [4.78, 5) is 0. The molecule has 3 aromatic rings. The molecule has 0 radical (unpaired) electrons. The summed E-state index contributed by atoms with van der Waals surface area (Å²) < 4.78 is 7.23. The van der Waals surface area contributed by atoms with Gasteiger partial charge in [0.2, 0.25) is 4.77 Å². The molecule has 2 aromatic carbocycles. The first-order valence-electron chi connectivity index (χ1n) is 7.11. The molecule has 0 aliphatic heterocycles. The number of ether oxygens (including phenoxy) is 1. The molecule has 0 atom stereocenters. The number of rotatable bonds is 4. The lowest BCUT2D eigenvalue weighted by molar-refractivity contribution is 0.415. The first kappa shape index (κ1) is 15.2. The molecule has 0 bridgehead atoms. The van der Waals surface area contributed by atoms with E-state index in [0.717, 1.165) is 22.4 Å². The van der Waals surface area contributed by atoms with Crippen LogP contribution in [0.15, 0.2) is 53.6 Å². The van der Waals surface area contributed by atoms with E-state index in [-0.39, 0.29) is 0 Å². The number of aromatic amines is 1. The van der Waals surface area contributed by atoms with E-state index in [0.29, 0.717) is 10.6 Å². The zero-order valence-corrected chi connectivity index (χ0v) is 13.7. The van der Waals surface area contributed by atoms with Crippen LogP contribution in [0.4, 0.5) is 0 Å². The molecular formula is C17H16N4OS. The third-order valence-corrected chi connectivity index (χ3v) is 3.76. The molecule has 1 aromatic heterocycles. The van der Waals surface area contributed by atoms with E-state index in [1.807, 2.05) is 55.5 Å². The van der Waals surface area contributed by atoms with Gasteiger partial charge in [-0.25, -0.2) is 5.10 Å². The SMILES string of the molecule is COc1ccc(-c2n[nH]c(=S)n2N=Cc2ccccc2C)cc1. The van der Waals surface area contributed by atoms with Crippen LogP contribution < -0.4 is 4.74 Å². The summed E-state index contributed by atoms with van der Waals surface area (Å²) in [5, 5.41) is 11.5. The smallest absolute Gasteiger partial charge is 0.216 e. The Morgan fingerprint density at radius 1 is 1.17 bits per heavy atom. The number of hydrogen-bond donors (Lipinski definition) is 1. The number of hydrogen-bond acceptors (Lipinski definition) is 4. The molecule has 0 aliphatic rings. The second-order valence-corrected chi connectivity index (χ2v) is 5.38. The van der Waals surface area contributed by atoms with Crippen molar-refractivity contribution in [1.29, 1.82) is 0 Å². The molecule has 0 saturated heterocycles. The molecule has 1 N–H and O–H groups in total. The Morgan fingerprint density at radius 3 is 2.61 bits per heavy atom. The molecule has 0 saturated carbocycles. The quantitative estimate of drug-likeness (QED) is 0.586. The Bertz CT molecular complexity index is 893. The van der Waals surface area contributed by atoms with Crippen molar-refractivity contribution in [3.63, 3.8) is 0 Å². The first-order valence-corrected chi connectivity index (χ1v) is 7.51. The third kappa shape index (κ3) is 3.22. The Labute approximate surface area is 139 Å². The van der Waals surface area contributed by atoms with Gasteiger partial charge in [-0.15, -0.1) is 0 Å². The van der Waals surface area contributed by atoms with Gasteiger partial charge in [-0.05, 0) is 54.5 Å². The molecule has 0 fully saturated rings. The third-order valence-electron chi connectivity index (χ3n) is 3.50. The van der Waals surface area contributed by atoms with Crippen LogP contribution >= 0.6 is 12.2 Å².